The SMILES string of the molecule is CC(C)(C)NC(=O)NC(C)(C)/C(N)=N/O. The number of carbonyl (C=O) groups excluding carboxylic acids is 1. The molecule has 0 fully saturated rings. The zero-order chi connectivity index (χ0) is 12.3. The average molecular weight is 216 g/mol. The van der Waals surface area contributed by atoms with Crippen molar-refractivity contribution in [2.24, 2.45) is 10.9 Å². The number of urea groups is 1. The van der Waals surface area contributed by atoms with Crippen LogP contribution in [0.2, 0.25) is 0 Å². The van der Waals surface area contributed by atoms with Gasteiger partial charge in [-0.2, -0.15) is 0 Å². The third kappa shape index (κ3) is 5.09. The minimum atomic E-state index is -0.885. The van der Waals surface area contributed by atoms with Crippen LogP contribution in [0.25, 0.3) is 0 Å². The van der Waals surface area contributed by atoms with Gasteiger partial charge in [0.2, 0.25) is 0 Å². The molecule has 88 valence electrons. The maximum absolute atomic E-state index is 11.5. The van der Waals surface area contributed by atoms with Gasteiger partial charge in [0.15, 0.2) is 5.84 Å². The van der Waals surface area contributed by atoms with Crippen molar-refractivity contribution in [2.45, 2.75) is 45.7 Å². The van der Waals surface area contributed by atoms with Crippen molar-refractivity contribution in [3.63, 3.8) is 0 Å². The van der Waals surface area contributed by atoms with Crippen LogP contribution in [0.3, 0.4) is 0 Å². The van der Waals surface area contributed by atoms with E-state index in [-0.39, 0.29) is 17.4 Å². The summed E-state index contributed by atoms with van der Waals surface area (Å²) in [6.07, 6.45) is 0. The third-order valence-corrected chi connectivity index (χ3v) is 1.66. The number of oxime groups is 1. The highest BCUT2D eigenvalue weighted by Crippen LogP contribution is 2.03. The summed E-state index contributed by atoms with van der Waals surface area (Å²) < 4.78 is 0. The Bertz CT molecular complexity index is 266. The Morgan fingerprint density at radius 2 is 1.67 bits per heavy atom. The predicted octanol–water partition coefficient (Wildman–Crippen LogP) is 0.609. The van der Waals surface area contributed by atoms with Crippen molar-refractivity contribution in [3.05, 3.63) is 0 Å². The van der Waals surface area contributed by atoms with E-state index >= 15 is 0 Å². The van der Waals surface area contributed by atoms with Crippen LogP contribution in [0.15, 0.2) is 5.16 Å². The minimum Gasteiger partial charge on any atom is -0.409 e. The van der Waals surface area contributed by atoms with E-state index in [1.807, 2.05) is 20.8 Å². The molecule has 0 aliphatic carbocycles. The Morgan fingerprint density at radius 1 is 1.20 bits per heavy atom. The van der Waals surface area contributed by atoms with Gasteiger partial charge in [-0.3, -0.25) is 0 Å². The Kier molecular flexibility index (Phi) is 3.95. The number of hydrogen-bond donors (Lipinski definition) is 4. The lowest BCUT2D eigenvalue weighted by Gasteiger charge is -2.28. The average Bonchev–Trinajstić information content (AvgIpc) is 1.97. The molecule has 0 radical (unpaired) electrons. The number of carbonyl (C=O) groups is 1. The van der Waals surface area contributed by atoms with Crippen molar-refractivity contribution in [1.82, 2.24) is 10.6 Å². The Hall–Kier alpha value is -1.46. The maximum atomic E-state index is 11.5. The van der Waals surface area contributed by atoms with Gasteiger partial charge in [0.25, 0.3) is 0 Å². The summed E-state index contributed by atoms with van der Waals surface area (Å²) in [7, 11) is 0. The van der Waals surface area contributed by atoms with E-state index in [1.165, 1.54) is 0 Å². The second-order valence-corrected chi connectivity index (χ2v) is 4.94. The van der Waals surface area contributed by atoms with E-state index < -0.39 is 5.54 Å². The molecule has 15 heavy (non-hydrogen) atoms. The zero-order valence-corrected chi connectivity index (χ0v) is 9.88. The highest BCUT2D eigenvalue weighted by atomic mass is 16.4. The smallest absolute Gasteiger partial charge is 0.315 e. The molecule has 0 rings (SSSR count). The Balaban J connectivity index is 4.42. The fraction of sp³-hybridized carbons (Fsp3) is 0.778. The molecule has 0 aromatic heterocycles. The summed E-state index contributed by atoms with van der Waals surface area (Å²) in [5, 5.41) is 16.7. The van der Waals surface area contributed by atoms with Crippen LogP contribution in [-0.4, -0.2) is 28.2 Å². The predicted molar refractivity (Wildman–Crippen MR) is 58.9 cm³/mol. The van der Waals surface area contributed by atoms with Gasteiger partial charge in [-0.15, -0.1) is 0 Å². The first-order valence-electron chi connectivity index (χ1n) is 4.67. The highest BCUT2D eigenvalue weighted by molar-refractivity contribution is 5.92. The lowest BCUT2D eigenvalue weighted by molar-refractivity contribution is 0.226. The molecule has 0 aromatic rings. The first-order chi connectivity index (χ1) is 6.58. The zero-order valence-electron chi connectivity index (χ0n) is 9.88. The second-order valence-electron chi connectivity index (χ2n) is 4.94. The van der Waals surface area contributed by atoms with Gasteiger partial charge >= 0.3 is 6.03 Å². The Labute approximate surface area is 89.9 Å². The van der Waals surface area contributed by atoms with Crippen LogP contribution in [-0.2, 0) is 0 Å². The molecule has 0 aliphatic heterocycles. The van der Waals surface area contributed by atoms with Crippen molar-refractivity contribution < 1.29 is 10.0 Å². The van der Waals surface area contributed by atoms with Crippen LogP contribution < -0.4 is 16.4 Å². The van der Waals surface area contributed by atoms with Gasteiger partial charge in [-0.25, -0.2) is 4.79 Å². The van der Waals surface area contributed by atoms with Gasteiger partial charge in [-0.1, -0.05) is 5.16 Å². The fourth-order valence-electron chi connectivity index (χ4n) is 0.845. The molecular weight excluding hydrogens is 196 g/mol. The largest absolute Gasteiger partial charge is 0.409 e. The highest BCUT2D eigenvalue weighted by Gasteiger charge is 2.27. The number of nitrogens with one attached hydrogen (secondary N) is 2. The summed E-state index contributed by atoms with van der Waals surface area (Å²) in [6.45, 7) is 8.88. The number of hydrogen-bond acceptors (Lipinski definition) is 3. The molecule has 0 bridgehead atoms. The van der Waals surface area contributed by atoms with Crippen molar-refractivity contribution in [1.29, 1.82) is 0 Å². The van der Waals surface area contributed by atoms with Crippen LogP contribution in [0.5, 0.6) is 0 Å². The number of rotatable bonds is 2. The molecule has 0 heterocycles. The van der Waals surface area contributed by atoms with Gasteiger partial charge in [0.1, 0.15) is 0 Å². The second kappa shape index (κ2) is 4.37. The monoisotopic (exact) mass is 216 g/mol. The number of nitrogens with two attached hydrogens (primary N) is 1. The number of nitrogens with zero attached hydrogens (tertiary/aromatic N) is 1. The summed E-state index contributed by atoms with van der Waals surface area (Å²) in [4.78, 5) is 11.5. The van der Waals surface area contributed by atoms with E-state index in [0.29, 0.717) is 0 Å². The van der Waals surface area contributed by atoms with E-state index in [4.69, 9.17) is 10.9 Å². The van der Waals surface area contributed by atoms with Crippen LogP contribution in [0, 0.1) is 0 Å². The fourth-order valence-corrected chi connectivity index (χ4v) is 0.845. The first kappa shape index (κ1) is 13.5. The molecule has 0 unspecified atom stereocenters. The van der Waals surface area contributed by atoms with Crippen LogP contribution >= 0.6 is 0 Å². The van der Waals surface area contributed by atoms with Gasteiger partial charge in [0, 0.05) is 5.54 Å². The maximum Gasteiger partial charge on any atom is 0.315 e. The molecule has 2 amide bonds. The molecule has 0 saturated carbocycles. The molecule has 5 N–H and O–H groups in total. The van der Waals surface area contributed by atoms with Crippen LogP contribution in [0.1, 0.15) is 34.6 Å². The quantitative estimate of drug-likeness (QED) is 0.235. The minimum absolute atomic E-state index is 0.0495. The van der Waals surface area contributed by atoms with E-state index in [9.17, 15) is 4.79 Å². The van der Waals surface area contributed by atoms with Gasteiger partial charge in [0.05, 0.1) is 5.54 Å². The molecule has 0 saturated heterocycles. The van der Waals surface area contributed by atoms with Crippen molar-refractivity contribution in [2.75, 3.05) is 0 Å². The molecular formula is C9H20N4O2. The van der Waals surface area contributed by atoms with E-state index in [1.54, 1.807) is 13.8 Å². The Morgan fingerprint density at radius 3 is 2.00 bits per heavy atom. The summed E-state index contributed by atoms with van der Waals surface area (Å²) in [6, 6.07) is -0.362. The van der Waals surface area contributed by atoms with E-state index in [0.717, 1.165) is 0 Å². The lowest BCUT2D eigenvalue weighted by atomic mass is 10.0. The standard InChI is InChI=1S/C9H20N4O2/c1-8(2,3)11-7(14)12-9(4,5)6(10)13-15/h15H,1-5H3,(H2,10,13)(H2,11,12,14). The summed E-state index contributed by atoms with van der Waals surface area (Å²) in [5.41, 5.74) is 4.21. The number of amides is 2. The van der Waals surface area contributed by atoms with E-state index in [2.05, 4.69) is 15.8 Å². The lowest BCUT2D eigenvalue weighted by Crippen LogP contribution is -2.58. The first-order valence-corrected chi connectivity index (χ1v) is 4.67. The normalized spacial score (nSPS) is 13.5. The van der Waals surface area contributed by atoms with Crippen molar-refractivity contribution in [3.8, 4) is 0 Å². The topological polar surface area (TPSA) is 99.7 Å². The number of amidine groups is 1. The molecule has 0 spiro atoms. The molecule has 0 aromatic carbocycles. The van der Waals surface area contributed by atoms with Gasteiger partial charge in [-0.05, 0) is 34.6 Å². The summed E-state index contributed by atoms with van der Waals surface area (Å²) in [5.74, 6) is -0.0495. The van der Waals surface area contributed by atoms with Crippen LogP contribution in [0.4, 0.5) is 4.79 Å². The summed E-state index contributed by atoms with van der Waals surface area (Å²) >= 11 is 0. The van der Waals surface area contributed by atoms with Crippen molar-refractivity contribution >= 4 is 11.9 Å². The molecule has 6 nitrogen and oxygen atoms in total. The third-order valence-electron chi connectivity index (χ3n) is 1.66. The molecule has 0 atom stereocenters. The van der Waals surface area contributed by atoms with Gasteiger partial charge < -0.3 is 21.6 Å². The molecule has 0 aliphatic rings. The molecule has 6 heteroatoms.